The van der Waals surface area contributed by atoms with Crippen LogP contribution in [0.5, 0.6) is 5.75 Å². The van der Waals surface area contributed by atoms with Crippen LogP contribution in [0.2, 0.25) is 0 Å². The topological polar surface area (TPSA) is 18.5 Å². The molecule has 0 aliphatic carbocycles. The van der Waals surface area contributed by atoms with Gasteiger partial charge in [0.25, 0.3) is 0 Å². The molecule has 0 saturated heterocycles. The van der Waals surface area contributed by atoms with Crippen LogP contribution in [0.3, 0.4) is 0 Å². The van der Waals surface area contributed by atoms with E-state index in [1.54, 1.807) is 0 Å². The summed E-state index contributed by atoms with van der Waals surface area (Å²) < 4.78 is 11.2. The van der Waals surface area contributed by atoms with Gasteiger partial charge in [0.15, 0.2) is 6.29 Å². The Hall–Kier alpha value is -1.02. The fourth-order valence-electron chi connectivity index (χ4n) is 1.48. The standard InChI is InChI=1S/C15H24O2/c1-11(2)10-16-13(5)17-15-8-6-14(7-9-15)12(3)4/h6-9,11-13H,10H2,1-5H3. The molecule has 0 N–H and O–H groups in total. The number of rotatable bonds is 6. The molecule has 0 spiro atoms. The highest BCUT2D eigenvalue weighted by atomic mass is 16.7. The van der Waals surface area contributed by atoms with Crippen molar-refractivity contribution in [2.24, 2.45) is 5.92 Å². The van der Waals surface area contributed by atoms with Crippen LogP contribution < -0.4 is 4.74 Å². The number of hydrogen-bond acceptors (Lipinski definition) is 2. The quantitative estimate of drug-likeness (QED) is 0.689. The Morgan fingerprint density at radius 1 is 0.941 bits per heavy atom. The van der Waals surface area contributed by atoms with E-state index in [1.165, 1.54) is 5.56 Å². The van der Waals surface area contributed by atoms with Crippen LogP contribution in [0, 0.1) is 5.92 Å². The van der Waals surface area contributed by atoms with Crippen LogP contribution in [-0.4, -0.2) is 12.9 Å². The molecule has 96 valence electrons. The molecule has 0 aliphatic rings. The van der Waals surface area contributed by atoms with E-state index in [0.717, 1.165) is 12.4 Å². The van der Waals surface area contributed by atoms with E-state index in [1.807, 2.05) is 19.1 Å². The predicted molar refractivity (Wildman–Crippen MR) is 71.4 cm³/mol. The Bertz CT molecular complexity index is 314. The molecule has 0 saturated carbocycles. The van der Waals surface area contributed by atoms with Crippen molar-refractivity contribution in [3.05, 3.63) is 29.8 Å². The second kappa shape index (κ2) is 6.65. The molecule has 1 atom stereocenters. The van der Waals surface area contributed by atoms with Crippen molar-refractivity contribution in [1.29, 1.82) is 0 Å². The van der Waals surface area contributed by atoms with Crippen molar-refractivity contribution < 1.29 is 9.47 Å². The minimum atomic E-state index is -0.192. The average molecular weight is 236 g/mol. The Morgan fingerprint density at radius 3 is 2.00 bits per heavy atom. The molecule has 0 amide bonds. The molecule has 0 fully saturated rings. The summed E-state index contributed by atoms with van der Waals surface area (Å²) in [5, 5.41) is 0. The van der Waals surface area contributed by atoms with Gasteiger partial charge in [-0.3, -0.25) is 0 Å². The molecular formula is C15H24O2. The van der Waals surface area contributed by atoms with Gasteiger partial charge in [-0.25, -0.2) is 0 Å². The van der Waals surface area contributed by atoms with Gasteiger partial charge in [0.2, 0.25) is 0 Å². The van der Waals surface area contributed by atoms with Gasteiger partial charge in [0, 0.05) is 0 Å². The van der Waals surface area contributed by atoms with Crippen molar-refractivity contribution in [2.45, 2.75) is 46.8 Å². The van der Waals surface area contributed by atoms with E-state index < -0.39 is 0 Å². The van der Waals surface area contributed by atoms with Crippen molar-refractivity contribution in [1.82, 2.24) is 0 Å². The zero-order chi connectivity index (χ0) is 12.8. The zero-order valence-corrected chi connectivity index (χ0v) is 11.6. The molecule has 1 rings (SSSR count). The first kappa shape index (κ1) is 14.0. The maximum Gasteiger partial charge on any atom is 0.196 e. The first-order chi connectivity index (χ1) is 7.99. The lowest BCUT2D eigenvalue weighted by Gasteiger charge is -2.17. The zero-order valence-electron chi connectivity index (χ0n) is 11.6. The maximum atomic E-state index is 5.68. The monoisotopic (exact) mass is 236 g/mol. The van der Waals surface area contributed by atoms with Gasteiger partial charge < -0.3 is 9.47 Å². The molecule has 2 heteroatoms. The van der Waals surface area contributed by atoms with Crippen LogP contribution >= 0.6 is 0 Å². The lowest BCUT2D eigenvalue weighted by molar-refractivity contribution is -0.0755. The highest BCUT2D eigenvalue weighted by molar-refractivity contribution is 5.28. The van der Waals surface area contributed by atoms with Crippen LogP contribution in [-0.2, 0) is 4.74 Å². The van der Waals surface area contributed by atoms with E-state index >= 15 is 0 Å². The van der Waals surface area contributed by atoms with Crippen LogP contribution in [0.4, 0.5) is 0 Å². The van der Waals surface area contributed by atoms with Gasteiger partial charge in [-0.15, -0.1) is 0 Å². The molecule has 1 aromatic rings. The van der Waals surface area contributed by atoms with Gasteiger partial charge in [0.1, 0.15) is 5.75 Å². The van der Waals surface area contributed by atoms with Crippen molar-refractivity contribution >= 4 is 0 Å². The largest absolute Gasteiger partial charge is 0.465 e. The molecule has 17 heavy (non-hydrogen) atoms. The predicted octanol–water partition coefficient (Wildman–Crippen LogP) is 4.21. The van der Waals surface area contributed by atoms with Gasteiger partial charge in [-0.2, -0.15) is 0 Å². The summed E-state index contributed by atoms with van der Waals surface area (Å²) >= 11 is 0. The first-order valence-electron chi connectivity index (χ1n) is 6.37. The minimum absolute atomic E-state index is 0.192. The second-order valence-corrected chi connectivity index (χ2v) is 5.14. The third kappa shape index (κ3) is 5.22. The SMILES string of the molecule is CC(C)COC(C)Oc1ccc(C(C)C)cc1. The third-order valence-corrected chi connectivity index (χ3v) is 2.51. The third-order valence-electron chi connectivity index (χ3n) is 2.51. The highest BCUT2D eigenvalue weighted by Crippen LogP contribution is 2.19. The summed E-state index contributed by atoms with van der Waals surface area (Å²) in [6.07, 6.45) is -0.192. The molecule has 2 nitrogen and oxygen atoms in total. The fraction of sp³-hybridized carbons (Fsp3) is 0.600. The summed E-state index contributed by atoms with van der Waals surface area (Å²) in [7, 11) is 0. The summed E-state index contributed by atoms with van der Waals surface area (Å²) in [5.41, 5.74) is 1.33. The molecule has 0 aliphatic heterocycles. The molecule has 0 bridgehead atoms. The van der Waals surface area contributed by atoms with E-state index in [0.29, 0.717) is 11.8 Å². The van der Waals surface area contributed by atoms with Gasteiger partial charge in [-0.1, -0.05) is 39.8 Å². The molecule has 0 radical (unpaired) electrons. The van der Waals surface area contributed by atoms with Gasteiger partial charge in [-0.05, 0) is 36.5 Å². The summed E-state index contributed by atoms with van der Waals surface area (Å²) in [4.78, 5) is 0. The molecular weight excluding hydrogens is 212 g/mol. The first-order valence-corrected chi connectivity index (χ1v) is 6.37. The summed E-state index contributed by atoms with van der Waals surface area (Å²) in [6.45, 7) is 11.3. The number of hydrogen-bond donors (Lipinski definition) is 0. The Kier molecular flexibility index (Phi) is 5.49. The van der Waals surface area contributed by atoms with Gasteiger partial charge >= 0.3 is 0 Å². The minimum Gasteiger partial charge on any atom is -0.465 e. The Morgan fingerprint density at radius 2 is 1.53 bits per heavy atom. The van der Waals surface area contributed by atoms with E-state index in [9.17, 15) is 0 Å². The highest BCUT2D eigenvalue weighted by Gasteiger charge is 2.06. The molecule has 1 aromatic carbocycles. The van der Waals surface area contributed by atoms with Crippen LogP contribution in [0.15, 0.2) is 24.3 Å². The average Bonchev–Trinajstić information content (AvgIpc) is 2.27. The molecule has 0 aromatic heterocycles. The van der Waals surface area contributed by atoms with Crippen molar-refractivity contribution in [3.63, 3.8) is 0 Å². The smallest absolute Gasteiger partial charge is 0.196 e. The van der Waals surface area contributed by atoms with Crippen molar-refractivity contribution in [3.8, 4) is 5.75 Å². The van der Waals surface area contributed by atoms with Gasteiger partial charge in [0.05, 0.1) is 6.61 Å². The number of ether oxygens (including phenoxy) is 2. The van der Waals surface area contributed by atoms with Crippen LogP contribution in [0.1, 0.15) is 46.1 Å². The van der Waals surface area contributed by atoms with E-state index in [-0.39, 0.29) is 6.29 Å². The lowest BCUT2D eigenvalue weighted by Crippen LogP contribution is -2.18. The molecule has 1 unspecified atom stereocenters. The Balaban J connectivity index is 2.45. The number of benzene rings is 1. The van der Waals surface area contributed by atoms with Crippen LogP contribution in [0.25, 0.3) is 0 Å². The lowest BCUT2D eigenvalue weighted by atomic mass is 10.0. The van der Waals surface area contributed by atoms with Crippen molar-refractivity contribution in [2.75, 3.05) is 6.61 Å². The summed E-state index contributed by atoms with van der Waals surface area (Å²) in [6, 6.07) is 8.22. The van der Waals surface area contributed by atoms with E-state index in [2.05, 4.69) is 39.8 Å². The normalized spacial score (nSPS) is 13.1. The molecule has 0 heterocycles. The maximum absolute atomic E-state index is 5.68. The summed E-state index contributed by atoms with van der Waals surface area (Å²) in [5.74, 6) is 1.95. The fourth-order valence-corrected chi connectivity index (χ4v) is 1.48. The second-order valence-electron chi connectivity index (χ2n) is 5.14. The Labute approximate surface area is 105 Å². The van der Waals surface area contributed by atoms with E-state index in [4.69, 9.17) is 9.47 Å².